The van der Waals surface area contributed by atoms with Crippen molar-refractivity contribution in [2.75, 3.05) is 6.61 Å². The Hall–Kier alpha value is -4.32. The number of nitrogens with zero attached hydrogens (tertiary/aromatic N) is 1. The number of aliphatic hydroxyl groups excluding tert-OH is 1. The van der Waals surface area contributed by atoms with E-state index in [0.717, 1.165) is 46.9 Å². The fourth-order valence-corrected chi connectivity index (χ4v) is 6.54. The summed E-state index contributed by atoms with van der Waals surface area (Å²) >= 11 is 0. The van der Waals surface area contributed by atoms with Gasteiger partial charge >= 0.3 is 5.97 Å². The Balaban J connectivity index is 1.39. The SMILES string of the molecule is CCCCCOC1C(O)C(OC(C)c2c[nH]c3ccccc23)C(OC(=O)c2nc(C)c[nH]2)C(OCc2ccccc2)C1OCc1ccccc1. The number of H-pyrrole nitrogens is 2. The predicted molar refractivity (Wildman–Crippen MR) is 189 cm³/mol. The van der Waals surface area contributed by atoms with Gasteiger partial charge in [-0.3, -0.25) is 0 Å². The Morgan fingerprint density at radius 3 is 2.06 bits per heavy atom. The van der Waals surface area contributed by atoms with Gasteiger partial charge in [0.1, 0.15) is 30.5 Å². The van der Waals surface area contributed by atoms with Crippen LogP contribution in [0.1, 0.15) is 72.2 Å². The van der Waals surface area contributed by atoms with Crippen molar-refractivity contribution in [3.63, 3.8) is 0 Å². The van der Waals surface area contributed by atoms with Gasteiger partial charge < -0.3 is 38.8 Å². The Morgan fingerprint density at radius 1 is 0.780 bits per heavy atom. The summed E-state index contributed by atoms with van der Waals surface area (Å²) < 4.78 is 32.9. The molecule has 1 saturated carbocycles. The molecule has 10 heteroatoms. The van der Waals surface area contributed by atoms with Crippen molar-refractivity contribution >= 4 is 16.9 Å². The molecule has 1 fully saturated rings. The minimum atomic E-state index is -1.24. The van der Waals surface area contributed by atoms with Crippen molar-refractivity contribution in [3.05, 3.63) is 126 Å². The highest BCUT2D eigenvalue weighted by molar-refractivity contribution is 5.85. The van der Waals surface area contributed by atoms with Crippen LogP contribution in [0, 0.1) is 6.92 Å². The molecule has 0 amide bonds. The molecule has 2 aromatic heterocycles. The number of aromatic amines is 2. The molecule has 264 valence electrons. The van der Waals surface area contributed by atoms with Gasteiger partial charge in [-0.15, -0.1) is 0 Å². The van der Waals surface area contributed by atoms with Gasteiger partial charge in [0.05, 0.1) is 25.0 Å². The fraction of sp³-hybridized carbons (Fsp3) is 0.400. The maximum absolute atomic E-state index is 13.7. The van der Waals surface area contributed by atoms with Crippen LogP contribution in [0.2, 0.25) is 0 Å². The van der Waals surface area contributed by atoms with Gasteiger partial charge in [0.25, 0.3) is 0 Å². The van der Waals surface area contributed by atoms with Gasteiger partial charge in [0.15, 0.2) is 6.10 Å². The first-order chi connectivity index (χ1) is 24.4. The Labute approximate surface area is 293 Å². The highest BCUT2D eigenvalue weighted by Gasteiger charge is 2.55. The lowest BCUT2D eigenvalue weighted by Crippen LogP contribution is -2.67. The second kappa shape index (κ2) is 17.1. The molecule has 1 aliphatic carbocycles. The molecule has 50 heavy (non-hydrogen) atoms. The number of nitrogens with one attached hydrogen (secondary N) is 2. The van der Waals surface area contributed by atoms with E-state index in [-0.39, 0.29) is 19.0 Å². The number of benzene rings is 3. The number of hydrogen-bond donors (Lipinski definition) is 3. The van der Waals surface area contributed by atoms with E-state index in [1.807, 2.05) is 98.0 Å². The van der Waals surface area contributed by atoms with Crippen molar-refractivity contribution in [2.24, 2.45) is 0 Å². The van der Waals surface area contributed by atoms with E-state index in [9.17, 15) is 9.90 Å². The van der Waals surface area contributed by atoms with Crippen LogP contribution >= 0.6 is 0 Å². The monoisotopic (exact) mass is 681 g/mol. The third-order valence-corrected chi connectivity index (χ3v) is 9.16. The van der Waals surface area contributed by atoms with Crippen molar-refractivity contribution in [1.82, 2.24) is 15.0 Å². The molecule has 10 nitrogen and oxygen atoms in total. The largest absolute Gasteiger partial charge is 0.451 e. The lowest BCUT2D eigenvalue weighted by Gasteiger charge is -2.48. The summed E-state index contributed by atoms with van der Waals surface area (Å²) in [5.74, 6) is -0.650. The molecule has 6 rings (SSSR count). The van der Waals surface area contributed by atoms with Gasteiger partial charge in [0.2, 0.25) is 5.82 Å². The smallest absolute Gasteiger partial charge is 0.374 e. The molecule has 3 N–H and O–H groups in total. The molecular formula is C40H47N3O7. The molecule has 2 heterocycles. The third-order valence-electron chi connectivity index (χ3n) is 9.16. The Morgan fingerprint density at radius 2 is 1.42 bits per heavy atom. The number of imidazole rings is 1. The fourth-order valence-electron chi connectivity index (χ4n) is 6.54. The minimum Gasteiger partial charge on any atom is -0.451 e. The van der Waals surface area contributed by atoms with E-state index in [1.54, 1.807) is 13.1 Å². The van der Waals surface area contributed by atoms with Crippen LogP contribution in [0.5, 0.6) is 0 Å². The summed E-state index contributed by atoms with van der Waals surface area (Å²) in [6.07, 6.45) is -0.104. The zero-order chi connectivity index (χ0) is 34.9. The summed E-state index contributed by atoms with van der Waals surface area (Å²) in [5.41, 5.74) is 4.39. The van der Waals surface area contributed by atoms with Crippen molar-refractivity contribution in [3.8, 4) is 0 Å². The van der Waals surface area contributed by atoms with Crippen LogP contribution in [0.4, 0.5) is 0 Å². The molecule has 7 atom stereocenters. The number of aromatic nitrogens is 3. The predicted octanol–water partition coefficient (Wildman–Crippen LogP) is 6.99. The number of rotatable bonds is 16. The number of hydrogen-bond acceptors (Lipinski definition) is 8. The van der Waals surface area contributed by atoms with Gasteiger partial charge in [-0.2, -0.15) is 0 Å². The molecular weight excluding hydrogens is 634 g/mol. The summed E-state index contributed by atoms with van der Waals surface area (Å²) in [5, 5.41) is 13.3. The lowest BCUT2D eigenvalue weighted by molar-refractivity contribution is -0.275. The summed E-state index contributed by atoms with van der Waals surface area (Å²) in [4.78, 5) is 24.2. The summed E-state index contributed by atoms with van der Waals surface area (Å²) in [6, 6.07) is 27.5. The number of unbranched alkanes of at least 4 members (excludes halogenated alkanes) is 2. The van der Waals surface area contributed by atoms with E-state index in [1.165, 1.54) is 0 Å². The number of para-hydroxylation sites is 1. The second-order valence-corrected chi connectivity index (χ2v) is 12.8. The highest BCUT2D eigenvalue weighted by Crippen LogP contribution is 2.37. The Kier molecular flexibility index (Phi) is 12.1. The van der Waals surface area contributed by atoms with Crippen LogP contribution in [0.15, 0.2) is 97.3 Å². The van der Waals surface area contributed by atoms with Crippen molar-refractivity contribution in [1.29, 1.82) is 0 Å². The first kappa shape index (κ1) is 35.5. The number of fused-ring (bicyclic) bond motifs is 1. The first-order valence-corrected chi connectivity index (χ1v) is 17.5. The number of ether oxygens (including phenoxy) is 5. The zero-order valence-corrected chi connectivity index (χ0v) is 28.9. The summed E-state index contributed by atoms with van der Waals surface area (Å²) in [6.45, 7) is 6.68. The minimum absolute atomic E-state index is 0.0434. The number of carbonyl (C=O) groups is 1. The maximum Gasteiger partial charge on any atom is 0.374 e. The normalized spacial score (nSPS) is 22.8. The van der Waals surface area contributed by atoms with E-state index in [2.05, 4.69) is 21.9 Å². The first-order valence-electron chi connectivity index (χ1n) is 17.5. The van der Waals surface area contributed by atoms with E-state index in [4.69, 9.17) is 23.7 Å². The Bertz CT molecular complexity index is 1780. The topological polar surface area (TPSA) is 128 Å². The summed E-state index contributed by atoms with van der Waals surface area (Å²) in [7, 11) is 0. The molecule has 7 unspecified atom stereocenters. The average molecular weight is 682 g/mol. The molecule has 0 spiro atoms. The maximum atomic E-state index is 13.7. The van der Waals surface area contributed by atoms with Crippen LogP contribution in [-0.2, 0) is 36.9 Å². The number of aliphatic hydroxyl groups is 1. The van der Waals surface area contributed by atoms with E-state index in [0.29, 0.717) is 12.3 Å². The molecule has 1 aliphatic rings. The van der Waals surface area contributed by atoms with Crippen molar-refractivity contribution < 1.29 is 33.6 Å². The highest BCUT2D eigenvalue weighted by atomic mass is 16.6. The van der Waals surface area contributed by atoms with Crippen molar-refractivity contribution in [2.45, 2.75) is 96.0 Å². The number of carbonyl (C=O) groups excluding carboxylic acids is 1. The lowest BCUT2D eigenvalue weighted by atomic mass is 9.83. The zero-order valence-electron chi connectivity index (χ0n) is 28.9. The van der Waals surface area contributed by atoms with Gasteiger partial charge in [-0.1, -0.05) is 98.6 Å². The van der Waals surface area contributed by atoms with Crippen LogP contribution in [0.25, 0.3) is 10.9 Å². The van der Waals surface area contributed by atoms with E-state index < -0.39 is 48.7 Å². The standard InChI is InChI=1S/C40H47N3O7/c1-4-5-14-21-46-34-33(44)35(49-27(3)31-23-41-32-20-13-12-19-30(31)32)38(50-40(45)39-42-22-26(2)43-39)37(48-25-29-17-10-7-11-18-29)36(34)47-24-28-15-8-6-9-16-28/h6-13,15-20,22-23,27,33-38,41,44H,4-5,14,21,24-25H2,1-3H3,(H,42,43). The molecule has 0 bridgehead atoms. The molecule has 0 saturated heterocycles. The van der Waals surface area contributed by atoms with E-state index >= 15 is 0 Å². The van der Waals surface area contributed by atoms with Gasteiger partial charge in [0, 0.05) is 35.5 Å². The quantitative estimate of drug-likeness (QED) is 0.0751. The number of aryl methyl sites for hydroxylation is 1. The molecule has 0 aliphatic heterocycles. The van der Waals surface area contributed by atoms with Gasteiger partial charge in [-0.05, 0) is 37.5 Å². The second-order valence-electron chi connectivity index (χ2n) is 12.8. The van der Waals surface area contributed by atoms with Crippen LogP contribution in [0.3, 0.4) is 0 Å². The number of esters is 1. The molecule has 3 aromatic carbocycles. The van der Waals surface area contributed by atoms with Gasteiger partial charge in [-0.25, -0.2) is 9.78 Å². The molecule has 0 radical (unpaired) electrons. The molecule has 5 aromatic rings. The average Bonchev–Trinajstić information content (AvgIpc) is 3.78. The van der Waals surface area contributed by atoms with Crippen LogP contribution < -0.4 is 0 Å². The van der Waals surface area contributed by atoms with Crippen LogP contribution in [-0.4, -0.2) is 69.3 Å². The third kappa shape index (κ3) is 8.51.